The van der Waals surface area contributed by atoms with E-state index in [-0.39, 0.29) is 22.8 Å². The zero-order valence-corrected chi connectivity index (χ0v) is 46.3. The molecular formula is C39H45N13O13S8. The highest BCUT2D eigenvalue weighted by Gasteiger charge is 2.22. The fourth-order valence-electron chi connectivity index (χ4n) is 6.53. The van der Waals surface area contributed by atoms with E-state index in [9.17, 15) is 13.0 Å². The molecule has 3 N–H and O–H groups in total. The third-order valence-electron chi connectivity index (χ3n) is 9.75. The second-order valence-electron chi connectivity index (χ2n) is 13.8. The van der Waals surface area contributed by atoms with Gasteiger partial charge in [-0.1, -0.05) is 11.8 Å². The van der Waals surface area contributed by atoms with Crippen molar-refractivity contribution >= 4 is 165 Å². The Hall–Kier alpha value is -6.27. The molecule has 0 aliphatic rings. The number of rotatable bonds is 22. The van der Waals surface area contributed by atoms with Crippen LogP contribution in [0.25, 0.3) is 20.4 Å². The largest absolute Gasteiger partial charge is 0.495 e. The summed E-state index contributed by atoms with van der Waals surface area (Å²) in [5.41, 5.74) is 3.30. The molecule has 26 nitrogen and oxygen atoms in total. The molecule has 2 aromatic carbocycles. The van der Waals surface area contributed by atoms with Crippen LogP contribution in [-0.2, 0) is 31.3 Å². The highest BCUT2D eigenvalue weighted by molar-refractivity contribution is 8.00. The molecule has 0 unspecified atom stereocenters. The number of thioether (sulfide) groups is 1. The molecule has 0 fully saturated rings. The van der Waals surface area contributed by atoms with Crippen molar-refractivity contribution in [3.8, 4) is 23.0 Å². The van der Waals surface area contributed by atoms with Crippen LogP contribution in [0.5, 0.6) is 23.0 Å². The van der Waals surface area contributed by atoms with Gasteiger partial charge in [0, 0.05) is 54.8 Å². The minimum Gasteiger partial charge on any atom is -0.495 e. The average Bonchev–Trinajstić information content (AvgIpc) is 4.15. The summed E-state index contributed by atoms with van der Waals surface area (Å²) in [4.78, 5) is 20.0. The van der Waals surface area contributed by atoms with E-state index in [1.54, 1.807) is 40.6 Å². The van der Waals surface area contributed by atoms with Gasteiger partial charge in [-0.15, -0.1) is 68.4 Å². The Morgan fingerprint density at radius 3 is 1.34 bits per heavy atom. The van der Waals surface area contributed by atoms with Crippen molar-refractivity contribution < 1.29 is 57.2 Å². The summed E-state index contributed by atoms with van der Waals surface area (Å²) >= 11 is 6.34. The first kappa shape index (κ1) is 57.6. The molecule has 0 atom stereocenters. The third-order valence-corrected chi connectivity index (χ3v) is 15.0. The van der Waals surface area contributed by atoms with Gasteiger partial charge in [-0.2, -0.15) is 32.1 Å². The molecule has 0 radical (unpaired) electrons. The van der Waals surface area contributed by atoms with Crippen LogP contribution in [-0.4, -0.2) is 128 Å². The first-order valence-corrected chi connectivity index (χ1v) is 28.8. The quantitative estimate of drug-likeness (QED) is 0.0323. The normalized spacial score (nSPS) is 11.2. The Bertz CT molecular complexity index is 3220. The number of hydrogen-bond donors (Lipinski definition) is 3. The summed E-state index contributed by atoms with van der Waals surface area (Å²) in [6.45, 7) is 10.9. The standard InChI is InChI=1S/C39H45N13O7S6.2O3S/c1-9-51(10-2)25-15-21(23(17-27(25)56-5)45-47-33-31-29(58-7)19-61-35(31)49-63-33)40-37-42-38(44-39(43-37)60-13-14-65(53,54)55)41-22-16-26(52(11-3)12-4)28(57-6)18-24(22)46-48-34-32-30(59-8)20-62-36(32)50-64-34;2*1-4(2)3/h15-20H,9-14H2,1-8H3,(H,53,54,55)(H2,40,41,42,43,44);;. The number of hydrogen-bond acceptors (Lipinski definition) is 30. The van der Waals surface area contributed by atoms with Gasteiger partial charge in [0.25, 0.3) is 10.1 Å². The number of fused-ring (bicyclic) bond motifs is 2. The SMILES string of the molecule is CCN(CC)c1cc(Nc2nc(Nc3cc(N(CC)CC)c(OC)cc3N=Nc3snc4scc(OC)c34)nc(SCCS(=O)(=O)O)n2)c(N=Nc2snc3scc(OC)c23)cc1OC.O=S(=O)=O.O=S(=O)=O. The molecule has 392 valence electrons. The second kappa shape index (κ2) is 27.1. The van der Waals surface area contributed by atoms with Gasteiger partial charge in [-0.05, 0) is 62.9 Å². The van der Waals surface area contributed by atoms with Gasteiger partial charge in [-0.25, -0.2) is 0 Å². The van der Waals surface area contributed by atoms with Crippen LogP contribution in [0.3, 0.4) is 0 Å². The summed E-state index contributed by atoms with van der Waals surface area (Å²) in [5.74, 6) is 2.03. The van der Waals surface area contributed by atoms with E-state index in [2.05, 4.69) is 59.6 Å². The number of benzene rings is 2. The fourth-order valence-corrected chi connectivity index (χ4v) is 11.6. The highest BCUT2D eigenvalue weighted by atomic mass is 32.2. The summed E-state index contributed by atoms with van der Waals surface area (Å²) in [6, 6.07) is 7.31. The molecule has 0 saturated carbocycles. The molecule has 0 saturated heterocycles. The van der Waals surface area contributed by atoms with Gasteiger partial charge < -0.3 is 39.4 Å². The fraction of sp³-hybridized carbons (Fsp3) is 0.359. The van der Waals surface area contributed by atoms with Crippen molar-refractivity contribution in [3.05, 3.63) is 35.0 Å². The summed E-state index contributed by atoms with van der Waals surface area (Å²) < 4.78 is 116. The Balaban J connectivity index is 0.00000115. The van der Waals surface area contributed by atoms with E-state index in [0.717, 1.165) is 43.6 Å². The van der Waals surface area contributed by atoms with Crippen molar-refractivity contribution in [2.75, 3.05) is 86.6 Å². The van der Waals surface area contributed by atoms with Gasteiger partial charge in [0.15, 0.2) is 15.2 Å². The number of aromatic nitrogens is 5. The number of methoxy groups -OCH3 is 4. The smallest absolute Gasteiger partial charge is 0.425 e. The molecule has 34 heteroatoms. The Kier molecular flexibility index (Phi) is 21.4. The van der Waals surface area contributed by atoms with Crippen LogP contribution in [0.4, 0.5) is 56.0 Å². The number of azo groups is 2. The van der Waals surface area contributed by atoms with Crippen LogP contribution in [0, 0.1) is 0 Å². The number of nitrogens with one attached hydrogen (secondary N) is 2. The maximum atomic E-state index is 11.7. The van der Waals surface area contributed by atoms with Gasteiger partial charge in [0.05, 0.1) is 67.7 Å². The minimum absolute atomic E-state index is 0.0470. The molecule has 7 rings (SSSR count). The third kappa shape index (κ3) is 15.6. The average molecular weight is 1160 g/mol. The van der Waals surface area contributed by atoms with E-state index in [1.165, 1.54) is 45.7 Å². The van der Waals surface area contributed by atoms with Gasteiger partial charge >= 0.3 is 21.2 Å². The van der Waals surface area contributed by atoms with Gasteiger partial charge in [-0.3, -0.25) is 4.55 Å². The molecule has 0 aliphatic carbocycles. The van der Waals surface area contributed by atoms with Crippen LogP contribution in [0.1, 0.15) is 27.7 Å². The summed E-state index contributed by atoms with van der Waals surface area (Å²) in [6.07, 6.45) is 0. The number of nitrogens with zero attached hydrogens (tertiary/aromatic N) is 11. The summed E-state index contributed by atoms with van der Waals surface area (Å²) in [7, 11) is -4.12. The highest BCUT2D eigenvalue weighted by Crippen LogP contribution is 2.46. The zero-order valence-electron chi connectivity index (χ0n) is 39.7. The molecule has 0 bridgehead atoms. The van der Waals surface area contributed by atoms with E-state index >= 15 is 0 Å². The predicted octanol–water partition coefficient (Wildman–Crippen LogP) is 9.23. The monoisotopic (exact) mass is 1160 g/mol. The molecule has 73 heavy (non-hydrogen) atoms. The van der Waals surface area contributed by atoms with E-state index in [1.807, 2.05) is 50.6 Å². The topological polar surface area (TPSA) is 338 Å². The lowest BCUT2D eigenvalue weighted by molar-refractivity contribution is 0.414. The van der Waals surface area contributed by atoms with Crippen molar-refractivity contribution in [3.63, 3.8) is 0 Å². The molecule has 7 aromatic rings. The van der Waals surface area contributed by atoms with Crippen molar-refractivity contribution in [1.29, 1.82) is 0 Å². The van der Waals surface area contributed by atoms with Crippen LogP contribution < -0.4 is 39.4 Å². The lowest BCUT2D eigenvalue weighted by Gasteiger charge is -2.25. The summed E-state index contributed by atoms with van der Waals surface area (Å²) in [5, 5.41) is 31.8. The minimum atomic E-state index is -4.28. The zero-order chi connectivity index (χ0) is 53.4. The molecule has 0 spiro atoms. The number of thiophene rings is 2. The lowest BCUT2D eigenvalue weighted by Crippen LogP contribution is -2.22. The predicted molar refractivity (Wildman–Crippen MR) is 282 cm³/mol. The maximum Gasteiger partial charge on any atom is 0.425 e. The Labute approximate surface area is 441 Å². The first-order chi connectivity index (χ1) is 34.9. The maximum absolute atomic E-state index is 11.7. The molecule has 5 aromatic heterocycles. The second-order valence-corrected chi connectivity index (χ2v) is 20.5. The van der Waals surface area contributed by atoms with E-state index in [0.29, 0.717) is 81.9 Å². The van der Waals surface area contributed by atoms with Crippen molar-refractivity contribution in [1.82, 2.24) is 23.7 Å². The van der Waals surface area contributed by atoms with Crippen LogP contribution >= 0.6 is 57.5 Å². The Morgan fingerprint density at radius 2 is 1.00 bits per heavy atom. The van der Waals surface area contributed by atoms with E-state index in [4.69, 9.17) is 49.2 Å². The van der Waals surface area contributed by atoms with Crippen LogP contribution in [0.15, 0.2) is 60.6 Å². The lowest BCUT2D eigenvalue weighted by atomic mass is 10.2. The van der Waals surface area contributed by atoms with Crippen molar-refractivity contribution in [2.24, 2.45) is 20.5 Å². The Morgan fingerprint density at radius 1 is 0.616 bits per heavy atom. The van der Waals surface area contributed by atoms with Gasteiger partial charge in [0.2, 0.25) is 11.9 Å². The van der Waals surface area contributed by atoms with Gasteiger partial charge in [0.1, 0.15) is 44.0 Å². The molecule has 0 amide bonds. The van der Waals surface area contributed by atoms with E-state index < -0.39 is 37.1 Å². The van der Waals surface area contributed by atoms with Crippen LogP contribution in [0.2, 0.25) is 0 Å². The number of anilines is 6. The van der Waals surface area contributed by atoms with Crippen molar-refractivity contribution in [2.45, 2.75) is 32.9 Å². The first-order valence-electron chi connectivity index (χ1n) is 20.9. The number of ether oxygens (including phenoxy) is 4. The molecule has 0 aliphatic heterocycles. The molecular weight excluding hydrogens is 1120 g/mol. The molecule has 5 heterocycles.